The largest absolute Gasteiger partial charge is 0.435 e. The molecule has 1 aromatic carbocycles. The van der Waals surface area contributed by atoms with Gasteiger partial charge in [-0.25, -0.2) is 0 Å². The molecule has 0 aliphatic heterocycles. The number of aliphatic hydroxyl groups is 1. The first-order chi connectivity index (χ1) is 8.99. The van der Waals surface area contributed by atoms with E-state index in [2.05, 4.69) is 10.2 Å². The minimum atomic E-state index is -4.47. The van der Waals surface area contributed by atoms with Crippen LogP contribution in [0.25, 0.3) is 0 Å². The number of rotatable bonds is 3. The molecule has 0 unspecified atom stereocenters. The molecule has 1 aromatic heterocycles. The van der Waals surface area contributed by atoms with Gasteiger partial charge in [0.1, 0.15) is 5.03 Å². The maximum absolute atomic E-state index is 12.3. The second-order valence-electron chi connectivity index (χ2n) is 3.66. The summed E-state index contributed by atoms with van der Waals surface area (Å²) in [5, 5.41) is 15.9. The Kier molecular flexibility index (Phi) is 4.06. The summed E-state index contributed by atoms with van der Waals surface area (Å²) in [4.78, 5) is 0.811. The van der Waals surface area contributed by atoms with Crippen molar-refractivity contribution in [3.8, 4) is 0 Å². The van der Waals surface area contributed by atoms with Crippen molar-refractivity contribution >= 4 is 11.8 Å². The Hall–Kier alpha value is -1.60. The molecule has 7 heteroatoms. The predicted octanol–water partition coefficient (Wildman–Crippen LogP) is 3.14. The van der Waals surface area contributed by atoms with Gasteiger partial charge in [0, 0.05) is 4.90 Å². The lowest BCUT2D eigenvalue weighted by atomic mass is 10.2. The second kappa shape index (κ2) is 5.58. The minimum absolute atomic E-state index is 0.0506. The van der Waals surface area contributed by atoms with Crippen LogP contribution in [-0.4, -0.2) is 15.3 Å². The van der Waals surface area contributed by atoms with E-state index in [1.54, 1.807) is 24.3 Å². The lowest BCUT2D eigenvalue weighted by Gasteiger charge is -2.05. The standard InChI is InChI=1S/C12H9F3N2OS/c13-12(14,15)10-5-6-11(17-16-10)19-9-3-1-8(7-18)2-4-9/h1-6,18H,7H2. The van der Waals surface area contributed by atoms with Gasteiger partial charge in [-0.3, -0.25) is 0 Å². The molecule has 0 aliphatic carbocycles. The highest BCUT2D eigenvalue weighted by atomic mass is 32.2. The van der Waals surface area contributed by atoms with Gasteiger partial charge < -0.3 is 5.11 Å². The van der Waals surface area contributed by atoms with E-state index in [4.69, 9.17) is 5.11 Å². The van der Waals surface area contributed by atoms with Gasteiger partial charge in [0.25, 0.3) is 0 Å². The van der Waals surface area contributed by atoms with E-state index in [1.807, 2.05) is 0 Å². The van der Waals surface area contributed by atoms with Crippen LogP contribution in [0.15, 0.2) is 46.3 Å². The molecule has 0 amide bonds. The molecule has 2 aromatic rings. The Morgan fingerprint density at radius 1 is 1.00 bits per heavy atom. The van der Waals surface area contributed by atoms with E-state index in [-0.39, 0.29) is 6.61 Å². The summed E-state index contributed by atoms with van der Waals surface area (Å²) >= 11 is 1.20. The predicted molar refractivity (Wildman–Crippen MR) is 63.5 cm³/mol. The molecule has 0 bridgehead atoms. The van der Waals surface area contributed by atoms with Gasteiger partial charge in [-0.2, -0.15) is 13.2 Å². The topological polar surface area (TPSA) is 46.0 Å². The van der Waals surface area contributed by atoms with Gasteiger partial charge in [0.2, 0.25) is 0 Å². The van der Waals surface area contributed by atoms with Crippen LogP contribution < -0.4 is 0 Å². The molecule has 0 saturated carbocycles. The quantitative estimate of drug-likeness (QED) is 0.941. The summed E-state index contributed by atoms with van der Waals surface area (Å²) in [5.41, 5.74) is -0.240. The number of hydrogen-bond donors (Lipinski definition) is 1. The van der Waals surface area contributed by atoms with Crippen LogP contribution in [0.1, 0.15) is 11.3 Å². The van der Waals surface area contributed by atoms with Gasteiger partial charge in [-0.15, -0.1) is 10.2 Å². The third kappa shape index (κ3) is 3.68. The van der Waals surface area contributed by atoms with Gasteiger partial charge in [0.05, 0.1) is 6.61 Å². The van der Waals surface area contributed by atoms with Gasteiger partial charge in [0.15, 0.2) is 5.69 Å². The highest BCUT2D eigenvalue weighted by Crippen LogP contribution is 2.30. The first-order valence-electron chi connectivity index (χ1n) is 5.27. The van der Waals surface area contributed by atoms with Gasteiger partial charge in [-0.05, 0) is 29.8 Å². The number of nitrogens with zero attached hydrogens (tertiary/aromatic N) is 2. The third-order valence-corrected chi connectivity index (χ3v) is 3.19. The van der Waals surface area contributed by atoms with Crippen molar-refractivity contribution in [2.45, 2.75) is 22.7 Å². The van der Waals surface area contributed by atoms with Crippen molar-refractivity contribution in [1.29, 1.82) is 0 Å². The van der Waals surface area contributed by atoms with Crippen molar-refractivity contribution in [3.05, 3.63) is 47.7 Å². The SMILES string of the molecule is OCc1ccc(Sc2ccc(C(F)(F)F)nn2)cc1. The highest BCUT2D eigenvalue weighted by molar-refractivity contribution is 7.99. The fourth-order valence-electron chi connectivity index (χ4n) is 1.31. The number of aromatic nitrogens is 2. The zero-order valence-corrected chi connectivity index (χ0v) is 10.4. The molecule has 100 valence electrons. The molecule has 0 saturated heterocycles. The maximum Gasteiger partial charge on any atom is 0.435 e. The summed E-state index contributed by atoms with van der Waals surface area (Å²) in [6.45, 7) is -0.0506. The monoisotopic (exact) mass is 286 g/mol. The van der Waals surface area contributed by atoms with Crippen molar-refractivity contribution in [1.82, 2.24) is 10.2 Å². The van der Waals surface area contributed by atoms with Crippen molar-refractivity contribution < 1.29 is 18.3 Å². The van der Waals surface area contributed by atoms with E-state index in [0.29, 0.717) is 5.03 Å². The molecule has 0 radical (unpaired) electrons. The Bertz CT molecular complexity index is 540. The first kappa shape index (κ1) is 13.8. The maximum atomic E-state index is 12.3. The van der Waals surface area contributed by atoms with Crippen molar-refractivity contribution in [2.24, 2.45) is 0 Å². The van der Waals surface area contributed by atoms with Gasteiger partial charge in [-0.1, -0.05) is 23.9 Å². The number of halogens is 3. The number of hydrogen-bond acceptors (Lipinski definition) is 4. The first-order valence-corrected chi connectivity index (χ1v) is 6.09. The molecule has 0 spiro atoms. The van der Waals surface area contributed by atoms with Crippen LogP contribution in [0.5, 0.6) is 0 Å². The highest BCUT2D eigenvalue weighted by Gasteiger charge is 2.32. The van der Waals surface area contributed by atoms with Crippen LogP contribution in [-0.2, 0) is 12.8 Å². The normalized spacial score (nSPS) is 11.6. The molecule has 19 heavy (non-hydrogen) atoms. The summed E-state index contributed by atoms with van der Waals surface area (Å²) in [6, 6.07) is 9.17. The molecule has 3 nitrogen and oxygen atoms in total. The molecule has 0 aliphatic rings. The zero-order chi connectivity index (χ0) is 13.9. The Morgan fingerprint density at radius 3 is 2.16 bits per heavy atom. The average Bonchev–Trinajstić information content (AvgIpc) is 2.39. The molecule has 2 rings (SSSR count). The third-order valence-electron chi connectivity index (χ3n) is 2.26. The second-order valence-corrected chi connectivity index (χ2v) is 4.75. The van der Waals surface area contributed by atoms with Crippen LogP contribution >= 0.6 is 11.8 Å². The van der Waals surface area contributed by atoms with E-state index >= 15 is 0 Å². The van der Waals surface area contributed by atoms with E-state index in [0.717, 1.165) is 16.5 Å². The number of alkyl halides is 3. The molecular weight excluding hydrogens is 277 g/mol. The fourth-order valence-corrected chi connectivity index (χ4v) is 2.04. The molecule has 1 N–H and O–H groups in total. The lowest BCUT2D eigenvalue weighted by Crippen LogP contribution is -2.08. The minimum Gasteiger partial charge on any atom is -0.392 e. The van der Waals surface area contributed by atoms with E-state index in [1.165, 1.54) is 17.8 Å². The summed E-state index contributed by atoms with van der Waals surface area (Å²) in [6.07, 6.45) is -4.47. The average molecular weight is 286 g/mol. The van der Waals surface area contributed by atoms with E-state index in [9.17, 15) is 13.2 Å². The fraction of sp³-hybridized carbons (Fsp3) is 0.167. The van der Waals surface area contributed by atoms with Crippen molar-refractivity contribution in [3.63, 3.8) is 0 Å². The Balaban J connectivity index is 2.10. The van der Waals surface area contributed by atoms with Crippen LogP contribution in [0.4, 0.5) is 13.2 Å². The molecular formula is C12H9F3N2OS. The zero-order valence-electron chi connectivity index (χ0n) is 9.55. The number of benzene rings is 1. The summed E-state index contributed by atoms with van der Waals surface area (Å²) < 4.78 is 36.9. The molecule has 1 heterocycles. The number of aliphatic hydroxyl groups excluding tert-OH is 1. The molecule has 0 fully saturated rings. The van der Waals surface area contributed by atoms with E-state index < -0.39 is 11.9 Å². The molecule has 0 atom stereocenters. The van der Waals surface area contributed by atoms with Crippen LogP contribution in [0.2, 0.25) is 0 Å². The smallest absolute Gasteiger partial charge is 0.392 e. The van der Waals surface area contributed by atoms with Crippen LogP contribution in [0.3, 0.4) is 0 Å². The summed E-state index contributed by atoms with van der Waals surface area (Å²) in [5.74, 6) is 0. The Labute approximate surface area is 111 Å². The lowest BCUT2D eigenvalue weighted by molar-refractivity contribution is -0.141. The van der Waals surface area contributed by atoms with Gasteiger partial charge >= 0.3 is 6.18 Å². The van der Waals surface area contributed by atoms with Crippen molar-refractivity contribution in [2.75, 3.05) is 0 Å². The van der Waals surface area contributed by atoms with Crippen LogP contribution in [0, 0.1) is 0 Å². The summed E-state index contributed by atoms with van der Waals surface area (Å²) in [7, 11) is 0. The Morgan fingerprint density at radius 2 is 1.68 bits per heavy atom.